The molecule has 0 atom stereocenters. The normalized spacial score (nSPS) is 10.9. The van der Waals surface area contributed by atoms with Gasteiger partial charge in [0.2, 0.25) is 5.91 Å². The van der Waals surface area contributed by atoms with Crippen molar-refractivity contribution in [2.24, 2.45) is 0 Å². The van der Waals surface area contributed by atoms with Gasteiger partial charge in [0.25, 0.3) is 0 Å². The molecule has 0 saturated carbocycles. The predicted octanol–water partition coefficient (Wildman–Crippen LogP) is 6.24. The number of carbonyl (C=O) groups is 1. The summed E-state index contributed by atoms with van der Waals surface area (Å²) in [5.41, 5.74) is 1.71. The molecule has 3 aromatic carbocycles. The van der Waals surface area contributed by atoms with E-state index >= 15 is 0 Å². The first kappa shape index (κ1) is 24.1. The molecule has 1 amide bonds. The second-order valence-electron chi connectivity index (χ2n) is 7.97. The molecule has 172 valence electrons. The summed E-state index contributed by atoms with van der Waals surface area (Å²) in [5, 5.41) is 19.2. The third-order valence-corrected chi connectivity index (χ3v) is 4.67. The highest BCUT2D eigenvalue weighted by Gasteiger charge is 2.15. The number of benzene rings is 3. The molecular formula is C25H25ClFN3O3. The van der Waals surface area contributed by atoms with Gasteiger partial charge in [0.15, 0.2) is 0 Å². The van der Waals surface area contributed by atoms with E-state index in [1.807, 2.05) is 0 Å². The molecule has 3 aromatic rings. The molecule has 0 saturated heterocycles. The van der Waals surface area contributed by atoms with Crippen molar-refractivity contribution in [1.29, 1.82) is 0 Å². The molecule has 8 heteroatoms. The number of amides is 1. The summed E-state index contributed by atoms with van der Waals surface area (Å²) in [5.74, 6) is -0.354. The summed E-state index contributed by atoms with van der Waals surface area (Å²) >= 11 is 6.19. The summed E-state index contributed by atoms with van der Waals surface area (Å²) in [6.45, 7) is 6.78. The Morgan fingerprint density at radius 1 is 1.06 bits per heavy atom. The monoisotopic (exact) mass is 469 g/mol. The minimum atomic E-state index is -1.00. The maximum absolute atomic E-state index is 14.5. The molecule has 0 fully saturated rings. The van der Waals surface area contributed by atoms with Gasteiger partial charge < -0.3 is 25.8 Å². The molecule has 0 radical (unpaired) electrons. The maximum atomic E-state index is 14.5. The van der Waals surface area contributed by atoms with Crippen LogP contribution in [0.2, 0.25) is 5.02 Å². The van der Waals surface area contributed by atoms with Crippen LogP contribution in [-0.2, 0) is 4.79 Å². The fraction of sp³-hybridized carbons (Fsp3) is 0.160. The van der Waals surface area contributed by atoms with Crippen LogP contribution in [0.4, 0.5) is 32.8 Å². The van der Waals surface area contributed by atoms with E-state index in [-0.39, 0.29) is 18.2 Å². The van der Waals surface area contributed by atoms with E-state index in [4.69, 9.17) is 16.3 Å². The van der Waals surface area contributed by atoms with Crippen LogP contribution in [0.25, 0.3) is 0 Å². The number of aliphatic hydroxyl groups is 1. The van der Waals surface area contributed by atoms with E-state index in [0.717, 1.165) is 0 Å². The van der Waals surface area contributed by atoms with Gasteiger partial charge in [0.1, 0.15) is 18.2 Å². The number of rotatable bonds is 9. The summed E-state index contributed by atoms with van der Waals surface area (Å²) < 4.78 is 20.1. The summed E-state index contributed by atoms with van der Waals surface area (Å²) in [6, 6.07) is 16.6. The van der Waals surface area contributed by atoms with Gasteiger partial charge in [-0.3, -0.25) is 4.79 Å². The molecule has 4 N–H and O–H groups in total. The van der Waals surface area contributed by atoms with Crippen LogP contribution in [0.1, 0.15) is 13.8 Å². The molecule has 0 heterocycles. The maximum Gasteiger partial charge on any atom is 0.247 e. The number of ether oxygens (including phenoxy) is 1. The Kier molecular flexibility index (Phi) is 7.58. The highest BCUT2D eigenvalue weighted by atomic mass is 35.5. The number of hydrogen-bond acceptors (Lipinski definition) is 5. The van der Waals surface area contributed by atoms with Gasteiger partial charge in [-0.25, -0.2) is 4.39 Å². The van der Waals surface area contributed by atoms with Crippen LogP contribution in [-0.4, -0.2) is 23.2 Å². The van der Waals surface area contributed by atoms with Crippen molar-refractivity contribution >= 4 is 45.9 Å². The number of nitrogens with one attached hydrogen (secondary N) is 3. The van der Waals surface area contributed by atoms with E-state index in [1.165, 1.54) is 12.1 Å². The lowest BCUT2D eigenvalue weighted by Gasteiger charge is -2.19. The largest absolute Gasteiger partial charge is 0.489 e. The fourth-order valence-corrected chi connectivity index (χ4v) is 3.01. The van der Waals surface area contributed by atoms with Crippen molar-refractivity contribution in [1.82, 2.24) is 0 Å². The van der Waals surface area contributed by atoms with E-state index in [2.05, 4.69) is 22.5 Å². The van der Waals surface area contributed by atoms with Crippen molar-refractivity contribution in [3.63, 3.8) is 0 Å². The van der Waals surface area contributed by atoms with Gasteiger partial charge in [0.05, 0.1) is 16.3 Å². The molecule has 33 heavy (non-hydrogen) atoms. The molecule has 3 rings (SSSR count). The predicted molar refractivity (Wildman–Crippen MR) is 131 cm³/mol. The molecule has 0 aliphatic rings. The van der Waals surface area contributed by atoms with Crippen LogP contribution in [0, 0.1) is 5.82 Å². The topological polar surface area (TPSA) is 82.6 Å². The zero-order valence-electron chi connectivity index (χ0n) is 18.3. The second-order valence-corrected chi connectivity index (χ2v) is 8.37. The number of halogens is 2. The van der Waals surface area contributed by atoms with Gasteiger partial charge in [-0.05, 0) is 68.5 Å². The Balaban J connectivity index is 1.76. The third-order valence-electron chi connectivity index (χ3n) is 4.36. The Labute approximate surface area is 197 Å². The zero-order chi connectivity index (χ0) is 24.0. The molecule has 0 spiro atoms. The average Bonchev–Trinajstić information content (AvgIpc) is 2.76. The van der Waals surface area contributed by atoms with Crippen LogP contribution >= 0.6 is 11.6 Å². The highest BCUT2D eigenvalue weighted by molar-refractivity contribution is 6.32. The van der Waals surface area contributed by atoms with E-state index in [9.17, 15) is 14.3 Å². The summed E-state index contributed by atoms with van der Waals surface area (Å²) in [6.07, 6.45) is 1.17. The Morgan fingerprint density at radius 2 is 1.73 bits per heavy atom. The highest BCUT2D eigenvalue weighted by Crippen LogP contribution is 2.31. The Morgan fingerprint density at radius 3 is 2.45 bits per heavy atom. The van der Waals surface area contributed by atoms with Crippen molar-refractivity contribution < 1.29 is 19.0 Å². The first-order chi connectivity index (χ1) is 15.6. The fourth-order valence-electron chi connectivity index (χ4n) is 2.84. The van der Waals surface area contributed by atoms with Gasteiger partial charge in [-0.1, -0.05) is 24.2 Å². The SMILES string of the molecule is C=CC(=O)Nc1cccc(Nc2cc(Nc3ccc(Cl)c(OCC(C)(C)O)c3)ccc2F)c1. The molecule has 0 aliphatic heterocycles. The number of hydrogen-bond donors (Lipinski definition) is 4. The first-order valence-corrected chi connectivity index (χ1v) is 10.5. The van der Waals surface area contributed by atoms with Crippen molar-refractivity contribution in [2.45, 2.75) is 19.4 Å². The summed E-state index contributed by atoms with van der Waals surface area (Å²) in [7, 11) is 0. The van der Waals surface area contributed by atoms with E-state index in [1.54, 1.807) is 68.4 Å². The van der Waals surface area contributed by atoms with Crippen LogP contribution in [0.15, 0.2) is 73.3 Å². The average molecular weight is 470 g/mol. The quantitative estimate of drug-likeness (QED) is 0.279. The minimum absolute atomic E-state index is 0.0765. The molecule has 0 bridgehead atoms. The lowest BCUT2D eigenvalue weighted by Crippen LogP contribution is -2.27. The molecule has 6 nitrogen and oxygen atoms in total. The van der Waals surface area contributed by atoms with Gasteiger partial charge in [-0.15, -0.1) is 0 Å². The number of carbonyl (C=O) groups excluding carboxylic acids is 1. The number of anilines is 5. The van der Waals surface area contributed by atoms with E-state index in [0.29, 0.717) is 33.5 Å². The Hall–Kier alpha value is -3.55. The van der Waals surface area contributed by atoms with Crippen molar-refractivity contribution in [3.8, 4) is 5.75 Å². The summed E-state index contributed by atoms with van der Waals surface area (Å²) in [4.78, 5) is 11.5. The van der Waals surface area contributed by atoms with Gasteiger partial charge in [0, 0.05) is 28.8 Å². The molecule has 0 unspecified atom stereocenters. The van der Waals surface area contributed by atoms with Crippen LogP contribution in [0.5, 0.6) is 5.75 Å². The lowest BCUT2D eigenvalue weighted by atomic mass is 10.2. The lowest BCUT2D eigenvalue weighted by molar-refractivity contribution is -0.111. The Bertz CT molecular complexity index is 1160. The smallest absolute Gasteiger partial charge is 0.247 e. The van der Waals surface area contributed by atoms with Crippen molar-refractivity contribution in [3.05, 3.63) is 84.2 Å². The second kappa shape index (κ2) is 10.4. The standard InChI is InChI=1S/C25H25ClFN3O3/c1-4-24(31)30-17-7-5-6-16(12-17)29-22-13-18(9-11-21(22)27)28-19-8-10-20(26)23(14-19)33-15-25(2,3)32/h4-14,28-29,32H,1,15H2,2-3H3,(H,30,31). The van der Waals surface area contributed by atoms with Crippen LogP contribution in [0.3, 0.4) is 0 Å². The van der Waals surface area contributed by atoms with Crippen molar-refractivity contribution in [2.75, 3.05) is 22.6 Å². The van der Waals surface area contributed by atoms with E-state index < -0.39 is 11.4 Å². The molecule has 0 aromatic heterocycles. The molecule has 0 aliphatic carbocycles. The first-order valence-electron chi connectivity index (χ1n) is 10.1. The van der Waals surface area contributed by atoms with Gasteiger partial charge >= 0.3 is 0 Å². The van der Waals surface area contributed by atoms with Crippen LogP contribution < -0.4 is 20.7 Å². The minimum Gasteiger partial charge on any atom is -0.489 e. The van der Waals surface area contributed by atoms with Gasteiger partial charge in [-0.2, -0.15) is 0 Å². The third kappa shape index (κ3) is 7.24. The molecular weight excluding hydrogens is 445 g/mol. The zero-order valence-corrected chi connectivity index (χ0v) is 19.0.